The molecule has 1 fully saturated rings. The molecule has 16 heteroatoms. The van der Waals surface area contributed by atoms with Crippen molar-refractivity contribution in [1.82, 2.24) is 4.98 Å². The van der Waals surface area contributed by atoms with Gasteiger partial charge in [0.1, 0.15) is 5.84 Å². The van der Waals surface area contributed by atoms with Gasteiger partial charge in [0, 0.05) is 30.8 Å². The number of carbonyl (C=O) groups excluding carboxylic acids is 1. The van der Waals surface area contributed by atoms with Crippen LogP contribution in [0.15, 0.2) is 28.5 Å². The number of alkyl halides is 7. The van der Waals surface area contributed by atoms with E-state index in [1.54, 1.807) is 4.90 Å². The van der Waals surface area contributed by atoms with E-state index in [4.69, 9.17) is 11.5 Å². The summed E-state index contributed by atoms with van der Waals surface area (Å²) < 4.78 is 99.5. The minimum Gasteiger partial charge on any atom is -0.429 e. The zero-order chi connectivity index (χ0) is 26.1. The van der Waals surface area contributed by atoms with Gasteiger partial charge in [-0.05, 0) is 12.8 Å². The highest BCUT2D eigenvalue weighted by atomic mass is 19.4. The summed E-state index contributed by atoms with van der Waals surface area (Å²) in [6.07, 6.45) is -5.27. The molecule has 0 saturated carbocycles. The Labute approximate surface area is 193 Å². The van der Waals surface area contributed by atoms with Crippen LogP contribution in [0.1, 0.15) is 19.3 Å². The summed E-state index contributed by atoms with van der Waals surface area (Å²) in [7, 11) is 0. The number of nitrogens with two attached hydrogens (primary N) is 2. The molecule has 0 bridgehead atoms. The topological polar surface area (TPSA) is 136 Å². The third-order valence-corrected chi connectivity index (χ3v) is 5.60. The smallest absolute Gasteiger partial charge is 0.422 e. The van der Waals surface area contributed by atoms with Crippen molar-refractivity contribution < 1.29 is 50.1 Å². The monoisotopic (exact) mass is 515 g/mol. The van der Waals surface area contributed by atoms with Crippen molar-refractivity contribution >= 4 is 17.4 Å². The lowest BCUT2D eigenvalue weighted by Gasteiger charge is -2.38. The average Bonchev–Trinajstić information content (AvgIpc) is 2.73. The Morgan fingerprint density at radius 1 is 1.17 bits per heavy atom. The predicted octanol–water partition coefficient (Wildman–Crippen LogP) is 2.29. The van der Waals surface area contributed by atoms with Gasteiger partial charge in [-0.1, -0.05) is 0 Å². The van der Waals surface area contributed by atoms with Crippen molar-refractivity contribution in [1.29, 1.82) is 0 Å². The highest BCUT2D eigenvalue weighted by Crippen LogP contribution is 2.43. The molecule has 1 aromatic heterocycles. The van der Waals surface area contributed by atoms with Crippen molar-refractivity contribution in [2.24, 2.45) is 22.4 Å². The van der Waals surface area contributed by atoms with Crippen LogP contribution in [0.3, 0.4) is 0 Å². The number of anilines is 1. The fourth-order valence-corrected chi connectivity index (χ4v) is 3.98. The maximum atomic E-state index is 13.6. The number of aliphatic hydroxyl groups is 1. The molecule has 0 radical (unpaired) electrons. The number of nitrogens with zero attached hydrogens (tertiary/aromatic N) is 3. The Hall–Kier alpha value is -3.30. The molecule has 1 unspecified atom stereocenters. The summed E-state index contributed by atoms with van der Waals surface area (Å²) in [5, 5.41) is 10.3. The first-order valence-electron chi connectivity index (χ1n) is 10.0. The minimum atomic E-state index is -5.25. The second kappa shape index (κ2) is 9.75. The molecule has 35 heavy (non-hydrogen) atoms. The number of amides is 1. The summed E-state index contributed by atoms with van der Waals surface area (Å²) in [5.74, 6) is -4.35. The van der Waals surface area contributed by atoms with Gasteiger partial charge in [-0.3, -0.25) is 4.79 Å². The van der Waals surface area contributed by atoms with Gasteiger partial charge < -0.3 is 30.9 Å². The average molecular weight is 515 g/mol. The van der Waals surface area contributed by atoms with E-state index in [1.165, 1.54) is 0 Å². The number of hydrogen-bond acceptors (Lipinski definition) is 8. The Morgan fingerprint density at radius 3 is 2.31 bits per heavy atom. The molecule has 0 aliphatic carbocycles. The molecule has 3 rings (SSSR count). The van der Waals surface area contributed by atoms with E-state index in [9.17, 15) is 40.6 Å². The predicted molar refractivity (Wildman–Crippen MR) is 106 cm³/mol. The van der Waals surface area contributed by atoms with Gasteiger partial charge in [0.2, 0.25) is 0 Å². The first-order valence-corrected chi connectivity index (χ1v) is 10.0. The number of amidine groups is 1. The molecule has 1 amide bonds. The number of aliphatic imine (C=N–C) groups is 1. The maximum absolute atomic E-state index is 13.6. The number of rotatable bonds is 6. The summed E-state index contributed by atoms with van der Waals surface area (Å²) >= 11 is 0. The van der Waals surface area contributed by atoms with Crippen LogP contribution in [0.5, 0.6) is 11.6 Å². The summed E-state index contributed by atoms with van der Waals surface area (Å²) in [5.41, 5.74) is 6.89. The quantitative estimate of drug-likeness (QED) is 0.491. The molecular weight excluding hydrogens is 495 g/mol. The van der Waals surface area contributed by atoms with Crippen LogP contribution < -0.4 is 25.8 Å². The van der Waals surface area contributed by atoms with Crippen LogP contribution in [0, 0.1) is 5.92 Å². The van der Waals surface area contributed by atoms with Crippen LogP contribution in [0.4, 0.5) is 36.4 Å². The van der Waals surface area contributed by atoms with Crippen LogP contribution in [0.2, 0.25) is 0 Å². The second-order valence-electron chi connectivity index (χ2n) is 7.77. The molecule has 1 saturated heterocycles. The van der Waals surface area contributed by atoms with Gasteiger partial charge in [0.15, 0.2) is 11.4 Å². The van der Waals surface area contributed by atoms with Crippen LogP contribution in [-0.2, 0) is 4.79 Å². The Kier molecular flexibility index (Phi) is 7.33. The highest BCUT2D eigenvalue weighted by Gasteiger charge is 2.60. The van der Waals surface area contributed by atoms with Crippen molar-refractivity contribution in [3.63, 3.8) is 0 Å². The molecule has 0 aromatic carbocycles. The van der Waals surface area contributed by atoms with Crippen molar-refractivity contribution in [2.45, 2.75) is 44.3 Å². The molecule has 2 aliphatic heterocycles. The molecule has 1 atom stereocenters. The molecule has 3 heterocycles. The summed E-state index contributed by atoms with van der Waals surface area (Å²) in [4.78, 5) is 20.0. The molecule has 1 aromatic rings. The molecular formula is C19H20F7N5O4. The number of aromatic nitrogens is 1. The van der Waals surface area contributed by atoms with E-state index in [0.29, 0.717) is 0 Å². The van der Waals surface area contributed by atoms with Gasteiger partial charge in [0.25, 0.3) is 11.8 Å². The number of piperidine rings is 1. The van der Waals surface area contributed by atoms with Gasteiger partial charge in [-0.25, -0.2) is 4.98 Å². The highest BCUT2D eigenvalue weighted by molar-refractivity contribution is 6.09. The lowest BCUT2D eigenvalue weighted by molar-refractivity contribution is -0.244. The molecule has 194 valence electrons. The van der Waals surface area contributed by atoms with Gasteiger partial charge >= 0.3 is 19.4 Å². The third-order valence-electron chi connectivity index (χ3n) is 5.60. The number of carbonyl (C=O) groups is 1. The number of allylic oxidation sites excluding steroid dienone is 1. The van der Waals surface area contributed by atoms with Crippen LogP contribution in [0.25, 0.3) is 0 Å². The van der Waals surface area contributed by atoms with Crippen molar-refractivity contribution in [3.05, 3.63) is 23.5 Å². The van der Waals surface area contributed by atoms with E-state index in [0.717, 1.165) is 12.3 Å². The molecule has 0 spiro atoms. The molecule has 5 N–H and O–H groups in total. The SMILES string of the molecule is NC1=NC(=O)CC(O)(C(F)(F)F)C1=C(N)C1CCN(c2cnc(OC(F)F)c(OC(F)F)c2)CC1. The zero-order valence-corrected chi connectivity index (χ0v) is 17.7. The minimum absolute atomic E-state index is 0.129. The summed E-state index contributed by atoms with van der Waals surface area (Å²) in [6.45, 7) is -6.42. The molecule has 2 aliphatic rings. The first-order chi connectivity index (χ1) is 16.2. The van der Waals surface area contributed by atoms with Gasteiger partial charge in [0.05, 0.1) is 23.9 Å². The third kappa shape index (κ3) is 5.52. The van der Waals surface area contributed by atoms with E-state index in [2.05, 4.69) is 19.5 Å². The Balaban J connectivity index is 1.83. The lowest BCUT2D eigenvalue weighted by Crippen LogP contribution is -2.55. The zero-order valence-electron chi connectivity index (χ0n) is 17.7. The number of pyridine rings is 1. The van der Waals surface area contributed by atoms with Gasteiger partial charge in [-0.2, -0.15) is 35.7 Å². The number of hydrogen-bond donors (Lipinski definition) is 3. The van der Waals surface area contributed by atoms with Crippen LogP contribution in [-0.4, -0.2) is 59.9 Å². The maximum Gasteiger partial charge on any atom is 0.422 e. The fourth-order valence-electron chi connectivity index (χ4n) is 3.98. The van der Waals surface area contributed by atoms with E-state index in [-0.39, 0.29) is 37.3 Å². The van der Waals surface area contributed by atoms with Crippen molar-refractivity contribution in [2.75, 3.05) is 18.0 Å². The van der Waals surface area contributed by atoms with E-state index in [1.807, 2.05) is 0 Å². The summed E-state index contributed by atoms with van der Waals surface area (Å²) in [6, 6.07) is 1.01. The largest absolute Gasteiger partial charge is 0.429 e. The van der Waals surface area contributed by atoms with E-state index < -0.39 is 66.3 Å². The van der Waals surface area contributed by atoms with E-state index >= 15 is 0 Å². The van der Waals surface area contributed by atoms with Gasteiger partial charge in [-0.15, -0.1) is 0 Å². The number of ether oxygens (including phenoxy) is 2. The lowest BCUT2D eigenvalue weighted by atomic mass is 9.80. The Bertz CT molecular complexity index is 1030. The molecule has 9 nitrogen and oxygen atoms in total. The standard InChI is InChI=1S/C19H20F7N5O4/c20-16(21)34-10-5-9(7-29-15(10)35-17(22)23)31-3-1-8(2-4-31)13(27)12-14(28)30-11(32)6-18(12,33)19(24,25)26/h5,7-8,16-17,33H,1-4,6,27H2,(H2,28,30,32). The van der Waals surface area contributed by atoms with Crippen LogP contribution >= 0.6 is 0 Å². The normalized spacial score (nSPS) is 23.5. The fraction of sp³-hybridized carbons (Fsp3) is 0.526. The Morgan fingerprint density at radius 2 is 1.77 bits per heavy atom. The van der Waals surface area contributed by atoms with Crippen molar-refractivity contribution in [3.8, 4) is 11.6 Å². The first kappa shape index (κ1) is 26.3. The second-order valence-corrected chi connectivity index (χ2v) is 7.77. The number of halogens is 7.